The molecule has 0 atom stereocenters. The van der Waals surface area contributed by atoms with Gasteiger partial charge in [-0.15, -0.1) is 13.2 Å². The fourth-order valence-corrected chi connectivity index (χ4v) is 0. The maximum atomic E-state index is 4.50. The van der Waals surface area contributed by atoms with E-state index in [0.29, 0.717) is 0 Å². The smallest absolute Gasteiger partial charge is 0.0701 e. The molecular formula is C4H10O2. The van der Waals surface area contributed by atoms with Gasteiger partial charge in [0, 0.05) is 0 Å². The molecule has 0 aromatic rings. The van der Waals surface area contributed by atoms with Gasteiger partial charge in [-0.3, -0.25) is 0 Å². The van der Waals surface area contributed by atoms with Gasteiger partial charge in [0.1, 0.15) is 0 Å². The van der Waals surface area contributed by atoms with Crippen LogP contribution in [0, 0.1) is 0 Å². The molecule has 0 radical (unpaired) electrons. The number of hydrogen-bond donors (Lipinski definition) is 0. The van der Waals surface area contributed by atoms with Crippen LogP contribution in [0.4, 0.5) is 0 Å². The van der Waals surface area contributed by atoms with Crippen LogP contribution < -0.4 is 0 Å². The molecular weight excluding hydrogens is 80.0 g/mol. The Hall–Kier alpha value is -0.340. The van der Waals surface area contributed by atoms with Crippen LogP contribution in [0.25, 0.3) is 0 Å². The lowest BCUT2D eigenvalue weighted by molar-refractivity contribution is 0.475. The van der Waals surface area contributed by atoms with Gasteiger partial charge in [-0.2, -0.15) is 0 Å². The van der Waals surface area contributed by atoms with Crippen molar-refractivity contribution in [1.29, 1.82) is 0 Å². The van der Waals surface area contributed by atoms with E-state index >= 15 is 0 Å². The van der Waals surface area contributed by atoms with Crippen LogP contribution in [0.3, 0.4) is 0 Å². The van der Waals surface area contributed by atoms with Crippen molar-refractivity contribution >= 4 is 0 Å². The first-order valence-electron chi connectivity index (χ1n) is 1.58. The Morgan fingerprint density at radius 1 is 1.17 bits per heavy atom. The van der Waals surface area contributed by atoms with Crippen molar-refractivity contribution < 1.29 is 10.2 Å². The zero-order valence-electron chi connectivity index (χ0n) is 3.74. The van der Waals surface area contributed by atoms with E-state index in [0.717, 1.165) is 13.2 Å². The zero-order chi connectivity index (χ0) is 4.12. The SMILES string of the molecule is C1CO1.C=C.O. The summed E-state index contributed by atoms with van der Waals surface area (Å²) in [5.41, 5.74) is 0. The highest BCUT2D eigenvalue weighted by Crippen LogP contribution is 1.84. The average molecular weight is 90.1 g/mol. The van der Waals surface area contributed by atoms with Gasteiger partial charge in [0.2, 0.25) is 0 Å². The summed E-state index contributed by atoms with van der Waals surface area (Å²) in [5.74, 6) is 0. The number of epoxide rings is 1. The predicted octanol–water partition coefficient (Wildman–Crippen LogP) is -0.00590. The number of rotatable bonds is 0. The summed E-state index contributed by atoms with van der Waals surface area (Å²) >= 11 is 0. The molecule has 1 aliphatic rings. The maximum absolute atomic E-state index is 4.50. The van der Waals surface area contributed by atoms with Gasteiger partial charge in [0.25, 0.3) is 0 Å². The second-order valence-electron chi connectivity index (χ2n) is 0.612. The monoisotopic (exact) mass is 90.1 g/mol. The highest BCUT2D eigenvalue weighted by atomic mass is 16.6. The molecule has 0 aliphatic carbocycles. The Morgan fingerprint density at radius 2 is 1.33 bits per heavy atom. The van der Waals surface area contributed by atoms with Crippen LogP contribution >= 0.6 is 0 Å². The van der Waals surface area contributed by atoms with Crippen LogP contribution in [0.1, 0.15) is 0 Å². The summed E-state index contributed by atoms with van der Waals surface area (Å²) in [6.07, 6.45) is 0. The number of hydrogen-bond acceptors (Lipinski definition) is 1. The second-order valence-corrected chi connectivity index (χ2v) is 0.612. The van der Waals surface area contributed by atoms with Crippen molar-refractivity contribution in [3.05, 3.63) is 13.2 Å². The summed E-state index contributed by atoms with van der Waals surface area (Å²) in [4.78, 5) is 0. The van der Waals surface area contributed by atoms with Crippen LogP contribution in [-0.4, -0.2) is 18.7 Å². The number of ether oxygens (including phenoxy) is 1. The van der Waals surface area contributed by atoms with E-state index in [1.165, 1.54) is 0 Å². The molecule has 0 aromatic carbocycles. The van der Waals surface area contributed by atoms with Crippen molar-refractivity contribution in [3.8, 4) is 0 Å². The summed E-state index contributed by atoms with van der Waals surface area (Å²) in [7, 11) is 0. The summed E-state index contributed by atoms with van der Waals surface area (Å²) in [6, 6.07) is 0. The molecule has 0 saturated carbocycles. The molecule has 0 amide bonds. The van der Waals surface area contributed by atoms with Gasteiger partial charge >= 0.3 is 0 Å². The third-order valence-corrected chi connectivity index (χ3v) is 0.204. The molecule has 1 rings (SSSR count). The van der Waals surface area contributed by atoms with Gasteiger partial charge in [0.05, 0.1) is 13.2 Å². The van der Waals surface area contributed by atoms with E-state index in [2.05, 4.69) is 17.9 Å². The van der Waals surface area contributed by atoms with Crippen molar-refractivity contribution in [1.82, 2.24) is 0 Å². The maximum Gasteiger partial charge on any atom is 0.0701 e. The fraction of sp³-hybridized carbons (Fsp3) is 0.500. The first-order valence-corrected chi connectivity index (χ1v) is 1.58. The average Bonchev–Trinajstić information content (AvgIpc) is 2.19. The lowest BCUT2D eigenvalue weighted by Crippen LogP contribution is -1.20. The molecule has 0 unspecified atom stereocenters. The molecule has 0 bridgehead atoms. The predicted molar refractivity (Wildman–Crippen MR) is 25.7 cm³/mol. The molecule has 2 N–H and O–H groups in total. The second kappa shape index (κ2) is 8.82. The molecule has 1 heterocycles. The topological polar surface area (TPSA) is 44.0 Å². The Morgan fingerprint density at radius 3 is 1.33 bits per heavy atom. The zero-order valence-corrected chi connectivity index (χ0v) is 3.74. The van der Waals surface area contributed by atoms with Crippen LogP contribution in [0.2, 0.25) is 0 Å². The third-order valence-electron chi connectivity index (χ3n) is 0.204. The Balaban J connectivity index is 0. The summed E-state index contributed by atoms with van der Waals surface area (Å²) in [5, 5.41) is 0. The largest absolute Gasteiger partial charge is 0.412 e. The summed E-state index contributed by atoms with van der Waals surface area (Å²) in [6.45, 7) is 8.00. The highest BCUT2D eigenvalue weighted by Gasteiger charge is 1.94. The van der Waals surface area contributed by atoms with E-state index in [1.807, 2.05) is 0 Å². The molecule has 6 heavy (non-hydrogen) atoms. The van der Waals surface area contributed by atoms with Gasteiger partial charge < -0.3 is 10.2 Å². The minimum absolute atomic E-state index is 0. The standard InChI is InChI=1S/C2H4O.C2H4.H2O/c1-2-3-1;1-2;/h1-2H2;1-2H2;1H2. The third kappa shape index (κ3) is 59.5. The molecule has 1 fully saturated rings. The molecule has 2 nitrogen and oxygen atoms in total. The van der Waals surface area contributed by atoms with Gasteiger partial charge in [0.15, 0.2) is 0 Å². The van der Waals surface area contributed by atoms with Gasteiger partial charge in [-0.05, 0) is 0 Å². The van der Waals surface area contributed by atoms with Crippen molar-refractivity contribution in [2.75, 3.05) is 13.2 Å². The quantitative estimate of drug-likeness (QED) is 0.305. The highest BCUT2D eigenvalue weighted by molar-refractivity contribution is 4.36. The summed E-state index contributed by atoms with van der Waals surface area (Å²) < 4.78 is 4.50. The molecule has 0 spiro atoms. The van der Waals surface area contributed by atoms with Crippen molar-refractivity contribution in [2.45, 2.75) is 0 Å². The Labute approximate surface area is 37.7 Å². The molecule has 1 aliphatic heterocycles. The van der Waals surface area contributed by atoms with Gasteiger partial charge in [-0.1, -0.05) is 0 Å². The van der Waals surface area contributed by atoms with E-state index in [1.54, 1.807) is 0 Å². The molecule has 1 saturated heterocycles. The lowest BCUT2D eigenvalue weighted by atomic mass is 11.0. The Bertz CT molecular complexity index is 16.8. The van der Waals surface area contributed by atoms with Crippen LogP contribution in [0.5, 0.6) is 0 Å². The Kier molecular flexibility index (Phi) is 13.5. The van der Waals surface area contributed by atoms with Crippen molar-refractivity contribution in [2.24, 2.45) is 0 Å². The minimum Gasteiger partial charge on any atom is -0.412 e. The van der Waals surface area contributed by atoms with E-state index in [9.17, 15) is 0 Å². The lowest BCUT2D eigenvalue weighted by Gasteiger charge is -1.24. The first-order chi connectivity index (χ1) is 2.50. The van der Waals surface area contributed by atoms with Crippen LogP contribution in [0.15, 0.2) is 13.2 Å². The molecule has 2 heteroatoms. The van der Waals surface area contributed by atoms with Crippen LogP contribution in [-0.2, 0) is 4.74 Å². The molecule has 0 aromatic heterocycles. The van der Waals surface area contributed by atoms with E-state index in [4.69, 9.17) is 0 Å². The van der Waals surface area contributed by atoms with E-state index < -0.39 is 0 Å². The van der Waals surface area contributed by atoms with E-state index in [-0.39, 0.29) is 5.48 Å². The van der Waals surface area contributed by atoms with Gasteiger partial charge in [-0.25, -0.2) is 0 Å². The normalized spacial score (nSPS) is 12.7. The first kappa shape index (κ1) is 9.18. The van der Waals surface area contributed by atoms with Crippen molar-refractivity contribution in [3.63, 3.8) is 0 Å². The minimum atomic E-state index is 0. The molecule has 38 valence electrons. The fourth-order valence-electron chi connectivity index (χ4n) is 0.